The number of hydrogen-bond acceptors (Lipinski definition) is 3. The van der Waals surface area contributed by atoms with Gasteiger partial charge in [-0.2, -0.15) is 5.26 Å². The van der Waals surface area contributed by atoms with E-state index >= 15 is 0 Å². The van der Waals surface area contributed by atoms with Gasteiger partial charge < -0.3 is 5.73 Å². The largest absolute Gasteiger partial charge is 0.398 e. The standard InChI is InChI=1S/C16H16N2S/c1-12-3-2-4-13(9-12)11-19-15-5-6-16(18)14(10-15)7-8-17/h2-6,9-10H,7,11,18H2,1H3. The molecule has 0 unspecified atom stereocenters. The second-order valence-electron chi connectivity index (χ2n) is 4.47. The molecule has 0 heterocycles. The second-order valence-corrected chi connectivity index (χ2v) is 5.52. The van der Waals surface area contributed by atoms with Crippen LogP contribution in [0.25, 0.3) is 0 Å². The van der Waals surface area contributed by atoms with Crippen molar-refractivity contribution < 1.29 is 0 Å². The van der Waals surface area contributed by atoms with Crippen LogP contribution in [0.4, 0.5) is 5.69 Å². The quantitative estimate of drug-likeness (QED) is 0.675. The summed E-state index contributed by atoms with van der Waals surface area (Å²) < 4.78 is 0. The lowest BCUT2D eigenvalue weighted by Gasteiger charge is -2.06. The fourth-order valence-electron chi connectivity index (χ4n) is 1.88. The Morgan fingerprint density at radius 2 is 2.05 bits per heavy atom. The lowest BCUT2D eigenvalue weighted by Crippen LogP contribution is -1.93. The molecule has 2 aromatic carbocycles. The van der Waals surface area contributed by atoms with Crippen molar-refractivity contribution in [2.24, 2.45) is 0 Å². The van der Waals surface area contributed by atoms with Gasteiger partial charge in [0.15, 0.2) is 0 Å². The maximum absolute atomic E-state index is 8.76. The van der Waals surface area contributed by atoms with Crippen molar-refractivity contribution in [3.8, 4) is 6.07 Å². The summed E-state index contributed by atoms with van der Waals surface area (Å²) in [5, 5.41) is 8.76. The number of nitriles is 1. The van der Waals surface area contributed by atoms with Crippen molar-refractivity contribution in [3.63, 3.8) is 0 Å². The Bertz CT molecular complexity index is 614. The predicted octanol–water partition coefficient (Wildman–Crippen LogP) is 3.94. The summed E-state index contributed by atoms with van der Waals surface area (Å²) in [6, 6.07) is 16.6. The topological polar surface area (TPSA) is 49.8 Å². The first kappa shape index (κ1) is 13.5. The zero-order valence-electron chi connectivity index (χ0n) is 10.9. The molecule has 0 bridgehead atoms. The van der Waals surface area contributed by atoms with Gasteiger partial charge in [-0.15, -0.1) is 11.8 Å². The molecule has 0 aliphatic rings. The molecule has 0 fully saturated rings. The van der Waals surface area contributed by atoms with Crippen LogP contribution < -0.4 is 5.73 Å². The molecule has 96 valence electrons. The maximum atomic E-state index is 8.76. The van der Waals surface area contributed by atoms with Crippen LogP contribution in [-0.2, 0) is 12.2 Å². The molecule has 0 radical (unpaired) electrons. The summed E-state index contributed by atoms with van der Waals surface area (Å²) in [5.74, 6) is 0.928. The third kappa shape index (κ3) is 3.77. The van der Waals surface area contributed by atoms with E-state index in [-0.39, 0.29) is 0 Å². The summed E-state index contributed by atoms with van der Waals surface area (Å²) in [5.41, 5.74) is 10.0. The van der Waals surface area contributed by atoms with E-state index in [4.69, 9.17) is 11.0 Å². The summed E-state index contributed by atoms with van der Waals surface area (Å²) in [7, 11) is 0. The first-order valence-corrected chi connectivity index (χ1v) is 7.11. The Morgan fingerprint density at radius 3 is 2.79 bits per heavy atom. The molecular formula is C16H16N2S. The number of aryl methyl sites for hydroxylation is 1. The predicted molar refractivity (Wildman–Crippen MR) is 80.9 cm³/mol. The van der Waals surface area contributed by atoms with E-state index in [1.807, 2.05) is 18.2 Å². The van der Waals surface area contributed by atoms with Crippen molar-refractivity contribution in [1.82, 2.24) is 0 Å². The molecule has 0 saturated carbocycles. The van der Waals surface area contributed by atoms with Crippen molar-refractivity contribution >= 4 is 17.4 Å². The van der Waals surface area contributed by atoms with E-state index in [1.165, 1.54) is 11.1 Å². The van der Waals surface area contributed by atoms with Gasteiger partial charge in [0.25, 0.3) is 0 Å². The number of nitrogens with two attached hydrogens (primary N) is 1. The highest BCUT2D eigenvalue weighted by Gasteiger charge is 2.02. The van der Waals surface area contributed by atoms with Gasteiger partial charge in [0.2, 0.25) is 0 Å². The van der Waals surface area contributed by atoms with Crippen LogP contribution in [0.2, 0.25) is 0 Å². The van der Waals surface area contributed by atoms with Gasteiger partial charge in [0.1, 0.15) is 0 Å². The number of benzene rings is 2. The van der Waals surface area contributed by atoms with E-state index in [0.717, 1.165) is 16.2 Å². The fourth-order valence-corrected chi connectivity index (χ4v) is 2.78. The zero-order valence-corrected chi connectivity index (χ0v) is 11.7. The minimum absolute atomic E-state index is 0.366. The third-order valence-electron chi connectivity index (χ3n) is 2.87. The molecule has 0 aliphatic heterocycles. The monoisotopic (exact) mass is 268 g/mol. The number of thioether (sulfide) groups is 1. The minimum atomic E-state index is 0.366. The van der Waals surface area contributed by atoms with Crippen LogP contribution in [0.5, 0.6) is 0 Å². The highest BCUT2D eigenvalue weighted by molar-refractivity contribution is 7.98. The summed E-state index contributed by atoms with van der Waals surface area (Å²) in [6.45, 7) is 2.10. The van der Waals surface area contributed by atoms with E-state index in [0.29, 0.717) is 12.1 Å². The maximum Gasteiger partial charge on any atom is 0.0670 e. The summed E-state index contributed by atoms with van der Waals surface area (Å²) >= 11 is 1.77. The minimum Gasteiger partial charge on any atom is -0.398 e. The second kappa shape index (κ2) is 6.31. The lowest BCUT2D eigenvalue weighted by molar-refractivity contribution is 1.23. The zero-order chi connectivity index (χ0) is 13.7. The number of nitrogen functional groups attached to an aromatic ring is 1. The molecule has 0 spiro atoms. The molecule has 2 N–H and O–H groups in total. The third-order valence-corrected chi connectivity index (χ3v) is 3.94. The molecule has 2 rings (SSSR count). The van der Waals surface area contributed by atoms with Gasteiger partial charge in [0, 0.05) is 16.3 Å². The Hall–Kier alpha value is -1.92. The molecule has 0 aliphatic carbocycles. The van der Waals surface area contributed by atoms with Crippen molar-refractivity contribution in [3.05, 3.63) is 59.2 Å². The van der Waals surface area contributed by atoms with Crippen LogP contribution in [0.15, 0.2) is 47.4 Å². The van der Waals surface area contributed by atoms with Crippen LogP contribution in [0, 0.1) is 18.3 Å². The number of nitrogens with zero attached hydrogens (tertiary/aromatic N) is 1. The van der Waals surface area contributed by atoms with Gasteiger partial charge in [-0.1, -0.05) is 29.8 Å². The Morgan fingerprint density at radius 1 is 1.21 bits per heavy atom. The molecular weight excluding hydrogens is 252 g/mol. The van der Waals surface area contributed by atoms with Crippen LogP contribution in [0.3, 0.4) is 0 Å². The first-order chi connectivity index (χ1) is 9.19. The highest BCUT2D eigenvalue weighted by Crippen LogP contribution is 2.26. The summed E-state index contributed by atoms with van der Waals surface area (Å²) in [4.78, 5) is 1.15. The molecule has 2 nitrogen and oxygen atoms in total. The number of hydrogen-bond donors (Lipinski definition) is 1. The van der Waals surface area contributed by atoms with Gasteiger partial charge in [-0.25, -0.2) is 0 Å². The number of anilines is 1. The lowest BCUT2D eigenvalue weighted by atomic mass is 10.1. The molecule has 3 heteroatoms. The first-order valence-electron chi connectivity index (χ1n) is 6.13. The van der Waals surface area contributed by atoms with Gasteiger partial charge in [-0.3, -0.25) is 0 Å². The van der Waals surface area contributed by atoms with Crippen molar-refractivity contribution in [1.29, 1.82) is 5.26 Å². The molecule has 2 aromatic rings. The van der Waals surface area contributed by atoms with Crippen LogP contribution in [-0.4, -0.2) is 0 Å². The Labute approximate surface area is 118 Å². The van der Waals surface area contributed by atoms with Crippen LogP contribution in [0.1, 0.15) is 16.7 Å². The van der Waals surface area contributed by atoms with Crippen LogP contribution >= 0.6 is 11.8 Å². The fraction of sp³-hybridized carbons (Fsp3) is 0.188. The average molecular weight is 268 g/mol. The normalized spacial score (nSPS) is 10.1. The van der Waals surface area contributed by atoms with E-state index < -0.39 is 0 Å². The van der Waals surface area contributed by atoms with E-state index in [9.17, 15) is 0 Å². The Kier molecular flexibility index (Phi) is 4.48. The SMILES string of the molecule is Cc1cccc(CSc2ccc(N)c(CC#N)c2)c1. The Balaban J connectivity index is 2.08. The smallest absolute Gasteiger partial charge is 0.0670 e. The summed E-state index contributed by atoms with van der Waals surface area (Å²) in [6.07, 6.45) is 0.366. The highest BCUT2D eigenvalue weighted by atomic mass is 32.2. The van der Waals surface area contributed by atoms with E-state index in [2.05, 4.69) is 37.3 Å². The molecule has 0 aromatic heterocycles. The van der Waals surface area contributed by atoms with Crippen molar-refractivity contribution in [2.45, 2.75) is 24.0 Å². The van der Waals surface area contributed by atoms with Crippen molar-refractivity contribution in [2.75, 3.05) is 5.73 Å². The molecule has 0 amide bonds. The molecule has 0 saturated heterocycles. The number of rotatable bonds is 4. The molecule has 19 heavy (non-hydrogen) atoms. The van der Waals surface area contributed by atoms with E-state index in [1.54, 1.807) is 11.8 Å². The van der Waals surface area contributed by atoms with Gasteiger partial charge >= 0.3 is 0 Å². The van der Waals surface area contributed by atoms with Gasteiger partial charge in [-0.05, 0) is 36.2 Å². The van der Waals surface area contributed by atoms with Gasteiger partial charge in [0.05, 0.1) is 12.5 Å². The average Bonchev–Trinajstić information content (AvgIpc) is 2.40. The molecule has 0 atom stereocenters.